The first kappa shape index (κ1) is 16.5. The molecule has 0 aromatic heterocycles. The van der Waals surface area contributed by atoms with Crippen LogP contribution >= 0.6 is 0 Å². The summed E-state index contributed by atoms with van der Waals surface area (Å²) < 4.78 is 5.05. The molecule has 0 aliphatic heterocycles. The molecule has 0 atom stereocenters. The molecule has 0 unspecified atom stereocenters. The molecule has 2 amide bonds. The second-order valence-electron chi connectivity index (χ2n) is 5.22. The Morgan fingerprint density at radius 2 is 1.61 bits per heavy atom. The smallest absolute Gasteiger partial charge is 0.243 e. The Balaban J connectivity index is 1.76. The van der Waals surface area contributed by atoms with Crippen molar-refractivity contribution in [2.75, 3.05) is 19.0 Å². The van der Waals surface area contributed by atoms with Crippen LogP contribution in [0.25, 0.3) is 0 Å². The molecule has 2 aromatic rings. The molecule has 2 N–H and O–H groups in total. The van der Waals surface area contributed by atoms with E-state index >= 15 is 0 Å². The Morgan fingerprint density at radius 1 is 0.957 bits per heavy atom. The summed E-state index contributed by atoms with van der Waals surface area (Å²) in [5.41, 5.74) is 2.72. The van der Waals surface area contributed by atoms with E-state index in [9.17, 15) is 9.59 Å². The van der Waals surface area contributed by atoms with Gasteiger partial charge in [-0.1, -0.05) is 29.8 Å². The maximum absolute atomic E-state index is 11.8. The van der Waals surface area contributed by atoms with Crippen molar-refractivity contribution in [3.63, 3.8) is 0 Å². The summed E-state index contributed by atoms with van der Waals surface area (Å²) in [7, 11) is 1.58. The summed E-state index contributed by atoms with van der Waals surface area (Å²) in [6.45, 7) is 1.93. The highest BCUT2D eigenvalue weighted by atomic mass is 16.5. The number of ether oxygens (including phenoxy) is 1. The van der Waals surface area contributed by atoms with Crippen molar-refractivity contribution in [3.8, 4) is 5.75 Å². The Kier molecular flexibility index (Phi) is 5.74. The number of carbonyl (C=O) groups is 2. The number of benzene rings is 2. The molecule has 5 heteroatoms. The first-order valence-corrected chi connectivity index (χ1v) is 7.33. The number of aryl methyl sites for hydroxylation is 1. The van der Waals surface area contributed by atoms with E-state index in [1.807, 2.05) is 31.2 Å². The van der Waals surface area contributed by atoms with Gasteiger partial charge in [0.2, 0.25) is 11.8 Å². The fourth-order valence-electron chi connectivity index (χ4n) is 2.01. The van der Waals surface area contributed by atoms with Gasteiger partial charge in [-0.15, -0.1) is 0 Å². The topological polar surface area (TPSA) is 67.4 Å². The van der Waals surface area contributed by atoms with Crippen LogP contribution < -0.4 is 15.4 Å². The van der Waals surface area contributed by atoms with Gasteiger partial charge >= 0.3 is 0 Å². The van der Waals surface area contributed by atoms with Crippen molar-refractivity contribution < 1.29 is 14.3 Å². The van der Waals surface area contributed by atoms with Gasteiger partial charge in [0.1, 0.15) is 5.75 Å². The van der Waals surface area contributed by atoms with Crippen molar-refractivity contribution >= 4 is 17.5 Å². The lowest BCUT2D eigenvalue weighted by Gasteiger charge is -2.08. The number of amides is 2. The first-order chi connectivity index (χ1) is 11.1. The van der Waals surface area contributed by atoms with Crippen LogP contribution in [0.15, 0.2) is 48.5 Å². The van der Waals surface area contributed by atoms with Crippen LogP contribution in [0.1, 0.15) is 11.1 Å². The van der Waals surface area contributed by atoms with Gasteiger partial charge in [0.25, 0.3) is 0 Å². The maximum atomic E-state index is 11.8. The summed E-state index contributed by atoms with van der Waals surface area (Å²) in [6.07, 6.45) is 0.260. The number of anilines is 1. The second kappa shape index (κ2) is 7.98. The molecule has 0 saturated carbocycles. The van der Waals surface area contributed by atoms with Crippen LogP contribution in [0.3, 0.4) is 0 Å². The van der Waals surface area contributed by atoms with Gasteiger partial charge < -0.3 is 15.4 Å². The van der Waals surface area contributed by atoms with Gasteiger partial charge in [-0.05, 0) is 36.8 Å². The zero-order chi connectivity index (χ0) is 16.7. The lowest BCUT2D eigenvalue weighted by molar-refractivity contribution is -0.123. The molecule has 2 aromatic carbocycles. The molecular weight excluding hydrogens is 292 g/mol. The average molecular weight is 312 g/mol. The molecule has 0 bridgehead atoms. The van der Waals surface area contributed by atoms with E-state index < -0.39 is 0 Å². The van der Waals surface area contributed by atoms with Crippen LogP contribution in [-0.2, 0) is 16.0 Å². The van der Waals surface area contributed by atoms with E-state index in [0.717, 1.165) is 16.9 Å². The lowest BCUT2D eigenvalue weighted by Crippen LogP contribution is -2.33. The molecule has 23 heavy (non-hydrogen) atoms. The average Bonchev–Trinajstić information content (AvgIpc) is 2.56. The van der Waals surface area contributed by atoms with Crippen molar-refractivity contribution in [3.05, 3.63) is 59.7 Å². The zero-order valence-electron chi connectivity index (χ0n) is 13.3. The lowest BCUT2D eigenvalue weighted by atomic mass is 10.1. The minimum Gasteiger partial charge on any atom is -0.497 e. The Morgan fingerprint density at radius 3 is 2.22 bits per heavy atom. The summed E-state index contributed by atoms with van der Waals surface area (Å²) in [5.74, 6) is 0.264. The molecule has 0 radical (unpaired) electrons. The van der Waals surface area contributed by atoms with Gasteiger partial charge in [0.05, 0.1) is 20.1 Å². The van der Waals surface area contributed by atoms with E-state index in [-0.39, 0.29) is 24.8 Å². The predicted octanol–water partition coefficient (Wildman–Crippen LogP) is 2.30. The number of rotatable bonds is 6. The Labute approximate surface area is 135 Å². The van der Waals surface area contributed by atoms with Crippen molar-refractivity contribution in [1.82, 2.24) is 5.32 Å². The minimum absolute atomic E-state index is 0.0588. The molecular formula is C18H20N2O3. The summed E-state index contributed by atoms with van der Waals surface area (Å²) >= 11 is 0. The quantitative estimate of drug-likeness (QED) is 0.860. The Bertz CT molecular complexity index is 664. The fraction of sp³-hybridized carbons (Fsp3) is 0.222. The van der Waals surface area contributed by atoms with Crippen LogP contribution in [0.2, 0.25) is 0 Å². The normalized spacial score (nSPS) is 10.0. The van der Waals surface area contributed by atoms with Crippen LogP contribution in [0.5, 0.6) is 5.75 Å². The molecule has 0 fully saturated rings. The number of carbonyl (C=O) groups excluding carboxylic acids is 2. The van der Waals surface area contributed by atoms with Crippen LogP contribution in [0.4, 0.5) is 5.69 Å². The highest BCUT2D eigenvalue weighted by molar-refractivity contribution is 5.94. The highest BCUT2D eigenvalue weighted by Crippen LogP contribution is 2.14. The van der Waals surface area contributed by atoms with Crippen LogP contribution in [0, 0.1) is 6.92 Å². The van der Waals surface area contributed by atoms with E-state index in [0.29, 0.717) is 5.69 Å². The standard InChI is InChI=1S/C18H20N2O3/c1-13-3-5-14(6-4-13)11-17(21)19-12-18(22)20-15-7-9-16(23-2)10-8-15/h3-10H,11-12H2,1-2H3,(H,19,21)(H,20,22). The second-order valence-corrected chi connectivity index (χ2v) is 5.22. The summed E-state index contributed by atoms with van der Waals surface area (Å²) in [5, 5.41) is 5.32. The van der Waals surface area contributed by atoms with Crippen molar-refractivity contribution in [2.24, 2.45) is 0 Å². The number of hydrogen-bond donors (Lipinski definition) is 2. The molecule has 0 heterocycles. The van der Waals surface area contributed by atoms with E-state index in [1.165, 1.54) is 0 Å². The summed E-state index contributed by atoms with van der Waals surface area (Å²) in [6, 6.07) is 14.7. The van der Waals surface area contributed by atoms with Gasteiger partial charge in [0.15, 0.2) is 0 Å². The minimum atomic E-state index is -0.271. The Hall–Kier alpha value is -2.82. The molecule has 0 aliphatic carbocycles. The largest absolute Gasteiger partial charge is 0.497 e. The predicted molar refractivity (Wildman–Crippen MR) is 89.5 cm³/mol. The van der Waals surface area contributed by atoms with E-state index in [2.05, 4.69) is 10.6 Å². The fourth-order valence-corrected chi connectivity index (χ4v) is 2.01. The monoisotopic (exact) mass is 312 g/mol. The molecule has 5 nitrogen and oxygen atoms in total. The summed E-state index contributed by atoms with van der Waals surface area (Å²) in [4.78, 5) is 23.6. The molecule has 0 saturated heterocycles. The zero-order valence-corrected chi connectivity index (χ0v) is 13.3. The third kappa shape index (κ3) is 5.47. The number of methoxy groups -OCH3 is 1. The molecule has 0 aliphatic rings. The van der Waals surface area contributed by atoms with Crippen molar-refractivity contribution in [1.29, 1.82) is 0 Å². The number of hydrogen-bond acceptors (Lipinski definition) is 3. The van der Waals surface area contributed by atoms with Gasteiger partial charge in [-0.25, -0.2) is 0 Å². The molecule has 0 spiro atoms. The first-order valence-electron chi connectivity index (χ1n) is 7.33. The third-order valence-electron chi connectivity index (χ3n) is 3.31. The van der Waals surface area contributed by atoms with E-state index in [1.54, 1.807) is 31.4 Å². The third-order valence-corrected chi connectivity index (χ3v) is 3.31. The van der Waals surface area contributed by atoms with E-state index in [4.69, 9.17) is 4.74 Å². The molecule has 2 rings (SSSR count). The molecule has 120 valence electrons. The van der Waals surface area contributed by atoms with Gasteiger partial charge in [0, 0.05) is 5.69 Å². The maximum Gasteiger partial charge on any atom is 0.243 e. The SMILES string of the molecule is COc1ccc(NC(=O)CNC(=O)Cc2ccc(C)cc2)cc1. The van der Waals surface area contributed by atoms with Gasteiger partial charge in [-0.2, -0.15) is 0 Å². The number of nitrogens with one attached hydrogen (secondary N) is 2. The highest BCUT2D eigenvalue weighted by Gasteiger charge is 2.07. The van der Waals surface area contributed by atoms with Gasteiger partial charge in [-0.3, -0.25) is 9.59 Å². The van der Waals surface area contributed by atoms with Crippen molar-refractivity contribution in [2.45, 2.75) is 13.3 Å². The van der Waals surface area contributed by atoms with Crippen LogP contribution in [-0.4, -0.2) is 25.5 Å².